The number of carbonyl (C=O) groups excluding carboxylic acids is 1. The molecule has 15 heavy (non-hydrogen) atoms. The van der Waals surface area contributed by atoms with Crippen molar-refractivity contribution >= 4 is 11.8 Å². The van der Waals surface area contributed by atoms with Crippen molar-refractivity contribution in [3.8, 4) is 0 Å². The van der Waals surface area contributed by atoms with E-state index in [9.17, 15) is 9.59 Å². The van der Waals surface area contributed by atoms with E-state index in [1.807, 2.05) is 6.92 Å². The Labute approximate surface area is 88.5 Å². The Morgan fingerprint density at radius 3 is 2.60 bits per heavy atom. The molecule has 1 N–H and O–H groups in total. The fraction of sp³-hybridized carbons (Fsp3) is 0.455. The van der Waals surface area contributed by atoms with Crippen molar-refractivity contribution in [3.63, 3.8) is 0 Å². The number of carboxylic acids is 1. The molecule has 4 nitrogen and oxygen atoms in total. The molecule has 82 valence electrons. The first-order valence-corrected chi connectivity index (χ1v) is 4.94. The van der Waals surface area contributed by atoms with Gasteiger partial charge in [0, 0.05) is 24.9 Å². The minimum Gasteiger partial charge on any atom is -0.478 e. The fourth-order valence-electron chi connectivity index (χ4n) is 1.56. The third kappa shape index (κ3) is 2.94. The monoisotopic (exact) mass is 209 g/mol. The van der Waals surface area contributed by atoms with Crippen molar-refractivity contribution in [1.82, 2.24) is 4.57 Å². The number of carboxylic acid groups (broad SMARTS) is 1. The molecular weight excluding hydrogens is 194 g/mol. The van der Waals surface area contributed by atoms with Gasteiger partial charge in [-0.05, 0) is 19.4 Å². The first-order chi connectivity index (χ1) is 7.04. The Bertz CT molecular complexity index is 368. The lowest BCUT2D eigenvalue weighted by Gasteiger charge is -2.14. The molecule has 0 radical (unpaired) electrons. The van der Waals surface area contributed by atoms with Crippen LogP contribution in [0.1, 0.15) is 43.1 Å². The number of rotatable bonds is 5. The molecule has 1 aromatic rings. The number of hydrogen-bond acceptors (Lipinski definition) is 2. The van der Waals surface area contributed by atoms with Crippen LogP contribution in [0.15, 0.2) is 18.5 Å². The van der Waals surface area contributed by atoms with Gasteiger partial charge in [0.05, 0.1) is 5.56 Å². The van der Waals surface area contributed by atoms with Crippen molar-refractivity contribution in [1.29, 1.82) is 0 Å². The van der Waals surface area contributed by atoms with Crippen LogP contribution in [0, 0.1) is 0 Å². The summed E-state index contributed by atoms with van der Waals surface area (Å²) >= 11 is 0. The maximum Gasteiger partial charge on any atom is 0.337 e. The maximum absolute atomic E-state index is 11.0. The van der Waals surface area contributed by atoms with E-state index in [2.05, 4.69) is 0 Å². The largest absolute Gasteiger partial charge is 0.478 e. The molecule has 1 unspecified atom stereocenters. The molecule has 4 heteroatoms. The molecular formula is C11H15NO3. The predicted octanol–water partition coefficient (Wildman–Crippen LogP) is 2.12. The van der Waals surface area contributed by atoms with Gasteiger partial charge in [-0.1, -0.05) is 6.92 Å². The molecule has 0 aliphatic rings. The van der Waals surface area contributed by atoms with Gasteiger partial charge < -0.3 is 9.67 Å². The van der Waals surface area contributed by atoms with E-state index in [0.717, 1.165) is 6.42 Å². The number of nitrogens with zero attached hydrogens (tertiary/aromatic N) is 1. The molecule has 0 aromatic carbocycles. The average Bonchev–Trinajstić information content (AvgIpc) is 2.62. The average molecular weight is 209 g/mol. The Morgan fingerprint density at radius 1 is 1.53 bits per heavy atom. The van der Waals surface area contributed by atoms with E-state index in [1.165, 1.54) is 0 Å². The summed E-state index contributed by atoms with van der Waals surface area (Å²) in [5.74, 6) is -0.821. The second-order valence-electron chi connectivity index (χ2n) is 3.62. The summed E-state index contributed by atoms with van der Waals surface area (Å²) in [6.07, 6.45) is 4.54. The SMILES string of the molecule is CCC(CC(C)=O)n1ccc(C(=O)O)c1. The molecule has 0 bridgehead atoms. The molecule has 0 spiro atoms. The van der Waals surface area contributed by atoms with Gasteiger partial charge in [0.15, 0.2) is 0 Å². The Balaban J connectivity index is 2.83. The third-order valence-electron chi connectivity index (χ3n) is 2.38. The lowest BCUT2D eigenvalue weighted by atomic mass is 10.1. The second kappa shape index (κ2) is 4.77. The smallest absolute Gasteiger partial charge is 0.337 e. The summed E-state index contributed by atoms with van der Waals surface area (Å²) in [6, 6.07) is 1.61. The molecule has 0 amide bonds. The number of Topliss-reactive ketones (excluding diaryl/α,β-unsaturated/α-hetero) is 1. The number of ketones is 1. The quantitative estimate of drug-likeness (QED) is 0.808. The summed E-state index contributed by atoms with van der Waals surface area (Å²) in [7, 11) is 0. The van der Waals surface area contributed by atoms with E-state index in [0.29, 0.717) is 6.42 Å². The van der Waals surface area contributed by atoms with Crippen LogP contribution in [0.2, 0.25) is 0 Å². The van der Waals surface area contributed by atoms with Crippen LogP contribution in [-0.2, 0) is 4.79 Å². The van der Waals surface area contributed by atoms with E-state index < -0.39 is 5.97 Å². The molecule has 0 saturated carbocycles. The highest BCUT2D eigenvalue weighted by Crippen LogP contribution is 2.17. The number of carbonyl (C=O) groups is 2. The summed E-state index contributed by atoms with van der Waals surface area (Å²) in [4.78, 5) is 21.7. The lowest BCUT2D eigenvalue weighted by molar-refractivity contribution is -0.117. The highest BCUT2D eigenvalue weighted by Gasteiger charge is 2.13. The van der Waals surface area contributed by atoms with Gasteiger partial charge in [0.25, 0.3) is 0 Å². The first kappa shape index (κ1) is 11.5. The Hall–Kier alpha value is -1.58. The van der Waals surface area contributed by atoms with Crippen molar-refractivity contribution in [3.05, 3.63) is 24.0 Å². The summed E-state index contributed by atoms with van der Waals surface area (Å²) in [6.45, 7) is 3.53. The molecule has 0 fully saturated rings. The minimum atomic E-state index is -0.938. The topological polar surface area (TPSA) is 59.3 Å². The lowest BCUT2D eigenvalue weighted by Crippen LogP contribution is -2.10. The first-order valence-electron chi connectivity index (χ1n) is 4.94. The third-order valence-corrected chi connectivity index (χ3v) is 2.38. The van der Waals surface area contributed by atoms with Crippen molar-refractivity contribution in [2.24, 2.45) is 0 Å². The van der Waals surface area contributed by atoms with E-state index in [1.54, 1.807) is 30.0 Å². The van der Waals surface area contributed by atoms with Crippen LogP contribution in [-0.4, -0.2) is 21.4 Å². The van der Waals surface area contributed by atoms with Crippen molar-refractivity contribution < 1.29 is 14.7 Å². The van der Waals surface area contributed by atoms with E-state index in [-0.39, 0.29) is 17.4 Å². The normalized spacial score (nSPS) is 12.4. The highest BCUT2D eigenvalue weighted by molar-refractivity contribution is 5.87. The van der Waals surface area contributed by atoms with E-state index in [4.69, 9.17) is 5.11 Å². The van der Waals surface area contributed by atoms with Crippen molar-refractivity contribution in [2.75, 3.05) is 0 Å². The van der Waals surface area contributed by atoms with Crippen LogP contribution >= 0.6 is 0 Å². The zero-order valence-corrected chi connectivity index (χ0v) is 8.93. The zero-order valence-electron chi connectivity index (χ0n) is 8.93. The summed E-state index contributed by atoms with van der Waals surface area (Å²) in [5.41, 5.74) is 0.261. The second-order valence-corrected chi connectivity index (χ2v) is 3.62. The molecule has 1 atom stereocenters. The van der Waals surface area contributed by atoms with Gasteiger partial charge in [-0.15, -0.1) is 0 Å². The number of hydrogen-bond donors (Lipinski definition) is 1. The molecule has 1 rings (SSSR count). The van der Waals surface area contributed by atoms with Crippen LogP contribution in [0.4, 0.5) is 0 Å². The molecule has 0 aliphatic carbocycles. The maximum atomic E-state index is 11.0. The molecule has 0 aliphatic heterocycles. The minimum absolute atomic E-state index is 0.0654. The fourth-order valence-corrected chi connectivity index (χ4v) is 1.56. The van der Waals surface area contributed by atoms with Gasteiger partial charge in [-0.25, -0.2) is 4.79 Å². The number of aromatic nitrogens is 1. The molecule has 1 heterocycles. The van der Waals surface area contributed by atoms with Crippen LogP contribution < -0.4 is 0 Å². The molecule has 1 aromatic heterocycles. The summed E-state index contributed by atoms with van der Waals surface area (Å²) in [5, 5.41) is 8.75. The van der Waals surface area contributed by atoms with Crippen LogP contribution in [0.3, 0.4) is 0 Å². The van der Waals surface area contributed by atoms with Gasteiger partial charge in [0.1, 0.15) is 5.78 Å². The Kier molecular flexibility index (Phi) is 3.66. The van der Waals surface area contributed by atoms with Gasteiger partial charge in [-0.3, -0.25) is 4.79 Å². The van der Waals surface area contributed by atoms with Gasteiger partial charge in [-0.2, -0.15) is 0 Å². The highest BCUT2D eigenvalue weighted by atomic mass is 16.4. The van der Waals surface area contributed by atoms with E-state index >= 15 is 0 Å². The van der Waals surface area contributed by atoms with Gasteiger partial charge in [0.2, 0.25) is 0 Å². The Morgan fingerprint density at radius 2 is 2.20 bits per heavy atom. The van der Waals surface area contributed by atoms with Crippen LogP contribution in [0.25, 0.3) is 0 Å². The number of aromatic carboxylic acids is 1. The van der Waals surface area contributed by atoms with Crippen molar-refractivity contribution in [2.45, 2.75) is 32.7 Å². The van der Waals surface area contributed by atoms with Gasteiger partial charge >= 0.3 is 5.97 Å². The summed E-state index contributed by atoms with van der Waals surface area (Å²) < 4.78 is 1.80. The zero-order chi connectivity index (χ0) is 11.4. The molecule has 0 saturated heterocycles. The standard InChI is InChI=1S/C11H15NO3/c1-3-10(6-8(2)13)12-5-4-9(7-12)11(14)15/h4-5,7,10H,3,6H2,1-2H3,(H,14,15). The van der Waals surface area contributed by atoms with Crippen LogP contribution in [0.5, 0.6) is 0 Å². The predicted molar refractivity (Wildman–Crippen MR) is 56.0 cm³/mol.